The van der Waals surface area contributed by atoms with Gasteiger partial charge in [0.15, 0.2) is 0 Å². The van der Waals surface area contributed by atoms with E-state index in [9.17, 15) is 19.2 Å². The average Bonchev–Trinajstić information content (AvgIpc) is 2.89. The van der Waals surface area contributed by atoms with Crippen LogP contribution in [0.2, 0.25) is 6.04 Å². The van der Waals surface area contributed by atoms with Gasteiger partial charge in [-0.25, -0.2) is 19.2 Å². The number of carboxylic acids is 1. The second kappa shape index (κ2) is 27.0. The Balaban J connectivity index is -0.000000222. The summed E-state index contributed by atoms with van der Waals surface area (Å²) in [6.07, 6.45) is 3.79. The zero-order valence-corrected chi connectivity index (χ0v) is 25.2. The van der Waals surface area contributed by atoms with Gasteiger partial charge in [0.1, 0.15) is 0 Å². The van der Waals surface area contributed by atoms with Crippen molar-refractivity contribution in [2.45, 2.75) is 53.0 Å². The van der Waals surface area contributed by atoms with Crippen molar-refractivity contribution in [3.8, 4) is 0 Å². The molecule has 0 heterocycles. The Bertz CT molecular complexity index is 736. The topological polar surface area (TPSA) is 144 Å². The van der Waals surface area contributed by atoms with Gasteiger partial charge in [0.25, 0.3) is 0 Å². The molecule has 38 heavy (non-hydrogen) atoms. The van der Waals surface area contributed by atoms with Crippen molar-refractivity contribution < 1.29 is 51.8 Å². The van der Waals surface area contributed by atoms with E-state index in [-0.39, 0.29) is 23.5 Å². The minimum absolute atomic E-state index is 0.176. The van der Waals surface area contributed by atoms with Crippen LogP contribution in [0.5, 0.6) is 0 Å². The van der Waals surface area contributed by atoms with Gasteiger partial charge in [0, 0.05) is 50.2 Å². The van der Waals surface area contributed by atoms with Crippen molar-refractivity contribution in [3.05, 3.63) is 49.1 Å². The molecule has 0 unspecified atom stereocenters. The summed E-state index contributed by atoms with van der Waals surface area (Å²) in [6.45, 7) is 20.8. The van der Waals surface area contributed by atoms with E-state index in [0.717, 1.165) is 12.8 Å². The van der Waals surface area contributed by atoms with Crippen LogP contribution >= 0.6 is 0 Å². The summed E-state index contributed by atoms with van der Waals surface area (Å²) in [7, 11) is 3.46. The number of carboxylic acid groups (broad SMARTS) is 1. The van der Waals surface area contributed by atoms with Gasteiger partial charge in [-0.1, -0.05) is 39.7 Å². The highest BCUT2D eigenvalue weighted by Gasteiger charge is 2.36. The van der Waals surface area contributed by atoms with Crippen molar-refractivity contribution in [3.63, 3.8) is 0 Å². The third-order valence-corrected chi connectivity index (χ3v) is 6.78. The molecule has 0 spiro atoms. The van der Waals surface area contributed by atoms with Gasteiger partial charge < -0.3 is 32.6 Å². The van der Waals surface area contributed by atoms with Crippen molar-refractivity contribution in [2.75, 3.05) is 41.7 Å². The molecule has 220 valence electrons. The monoisotopic (exact) mass is 562 g/mol. The summed E-state index contributed by atoms with van der Waals surface area (Å²) in [6, 6.07) is 0.611. The molecule has 0 atom stereocenters. The first-order chi connectivity index (χ1) is 17.6. The maximum atomic E-state index is 11.1. The van der Waals surface area contributed by atoms with Crippen LogP contribution in [0.1, 0.15) is 47.0 Å². The maximum absolute atomic E-state index is 11.1. The van der Waals surface area contributed by atoms with Crippen LogP contribution < -0.4 is 0 Å². The predicted molar refractivity (Wildman–Crippen MR) is 147 cm³/mol. The molecule has 11 nitrogen and oxygen atoms in total. The van der Waals surface area contributed by atoms with Gasteiger partial charge in [0.05, 0.1) is 20.3 Å². The lowest BCUT2D eigenvalue weighted by Crippen LogP contribution is -2.42. The van der Waals surface area contributed by atoms with Crippen LogP contribution in [-0.4, -0.2) is 79.4 Å². The molecule has 0 rings (SSSR count). The van der Waals surface area contributed by atoms with Gasteiger partial charge in [-0.15, -0.1) is 0 Å². The molecule has 1 N–H and O–H groups in total. The number of carbonyl (C=O) groups is 4. The second-order valence-electron chi connectivity index (χ2n) is 7.40. The Hall–Kier alpha value is -3.06. The largest absolute Gasteiger partial charge is 0.500 e. The van der Waals surface area contributed by atoms with E-state index < -0.39 is 14.8 Å². The number of ether oxygens (including phenoxy) is 3. The molecule has 0 aromatic carbocycles. The Labute approximate surface area is 228 Å². The van der Waals surface area contributed by atoms with Gasteiger partial charge >= 0.3 is 32.7 Å². The first-order valence-electron chi connectivity index (χ1n) is 11.5. The van der Waals surface area contributed by atoms with E-state index >= 15 is 0 Å². The average molecular weight is 563 g/mol. The molecule has 0 aromatic rings. The SMILES string of the molecule is C=C(C)C(=O)O.C=C(C)C(=O)OC.C=C(C)C(=O)OCCC[Si](OC)(OC)OC.C=CC(=O)OCCCC. The molecular formula is C26H46O11Si. The van der Waals surface area contributed by atoms with Crippen LogP contribution in [0, 0.1) is 0 Å². The summed E-state index contributed by atoms with van der Waals surface area (Å²) in [5.41, 5.74) is 1.01. The molecular weight excluding hydrogens is 516 g/mol. The second-order valence-corrected chi connectivity index (χ2v) is 10.5. The fourth-order valence-corrected chi connectivity index (χ4v) is 3.37. The number of esters is 3. The summed E-state index contributed by atoms with van der Waals surface area (Å²) in [4.78, 5) is 41.2. The lowest BCUT2D eigenvalue weighted by atomic mass is 10.4. The maximum Gasteiger partial charge on any atom is 0.500 e. The fraction of sp³-hybridized carbons (Fsp3) is 0.538. The van der Waals surface area contributed by atoms with Crippen LogP contribution in [0.15, 0.2) is 49.1 Å². The molecule has 0 bridgehead atoms. The van der Waals surface area contributed by atoms with Crippen molar-refractivity contribution in [1.29, 1.82) is 0 Å². The van der Waals surface area contributed by atoms with Crippen molar-refractivity contribution >= 4 is 32.7 Å². The third-order valence-electron chi connectivity index (χ3n) is 3.95. The molecule has 0 radical (unpaired) electrons. The third kappa shape index (κ3) is 27.5. The van der Waals surface area contributed by atoms with E-state index in [1.165, 1.54) is 20.1 Å². The Morgan fingerprint density at radius 2 is 1.18 bits per heavy atom. The van der Waals surface area contributed by atoms with E-state index in [4.69, 9.17) is 23.1 Å². The summed E-state index contributed by atoms with van der Waals surface area (Å²) in [5, 5.41) is 7.89. The lowest BCUT2D eigenvalue weighted by molar-refractivity contribution is -0.139. The first kappa shape index (κ1) is 42.0. The van der Waals surface area contributed by atoms with Crippen LogP contribution in [-0.2, 0) is 46.7 Å². The Morgan fingerprint density at radius 3 is 1.45 bits per heavy atom. The fourth-order valence-electron chi connectivity index (χ4n) is 1.68. The number of hydrogen-bond acceptors (Lipinski definition) is 10. The lowest BCUT2D eigenvalue weighted by Gasteiger charge is -2.24. The van der Waals surface area contributed by atoms with Crippen LogP contribution in [0.4, 0.5) is 0 Å². The standard InChI is InChI=1S/C10H20O5Si.C7H12O2.C5H8O2.C4H6O2/c1-9(2)10(11)15-7-6-8-16(12-3,13-4)14-5;1-3-5-6-9-7(8)4-2;1-4(2)5(6)7-3;1-3(2)4(5)6/h1,6-8H2,2-5H3;4H,2-3,5-6H2,1H3;1H2,2-3H3;1H2,2H3,(H,5,6). The van der Waals surface area contributed by atoms with E-state index in [1.54, 1.807) is 35.2 Å². The Kier molecular flexibility index (Phi) is 29.9. The van der Waals surface area contributed by atoms with Crippen LogP contribution in [0.3, 0.4) is 0 Å². The molecule has 0 aromatic heterocycles. The molecule has 0 aliphatic heterocycles. The Morgan fingerprint density at radius 1 is 0.763 bits per heavy atom. The highest BCUT2D eigenvalue weighted by atomic mass is 28.4. The normalized spacial score (nSPS) is 9.37. The summed E-state index contributed by atoms with van der Waals surface area (Å²) in [5.74, 6) is -1.99. The van der Waals surface area contributed by atoms with Gasteiger partial charge in [-0.3, -0.25) is 0 Å². The highest BCUT2D eigenvalue weighted by Crippen LogP contribution is 2.14. The number of methoxy groups -OCH3 is 1. The van der Waals surface area contributed by atoms with Crippen molar-refractivity contribution in [1.82, 2.24) is 0 Å². The zero-order valence-electron chi connectivity index (χ0n) is 24.2. The molecule has 0 saturated heterocycles. The molecule has 0 aliphatic carbocycles. The van der Waals surface area contributed by atoms with Crippen LogP contribution in [0.25, 0.3) is 0 Å². The number of aliphatic carboxylic acids is 1. The van der Waals surface area contributed by atoms with Gasteiger partial charge in [-0.2, -0.15) is 0 Å². The molecule has 12 heteroatoms. The first-order valence-corrected chi connectivity index (χ1v) is 13.5. The summed E-state index contributed by atoms with van der Waals surface area (Å²) >= 11 is 0. The van der Waals surface area contributed by atoms with E-state index in [1.807, 2.05) is 6.92 Å². The minimum Gasteiger partial charge on any atom is -0.478 e. The summed E-state index contributed by atoms with van der Waals surface area (Å²) < 4.78 is 29.6. The molecule has 0 amide bonds. The molecule has 0 aliphatic rings. The van der Waals surface area contributed by atoms with Gasteiger partial charge in [-0.05, 0) is 33.6 Å². The predicted octanol–water partition coefficient (Wildman–Crippen LogP) is 4.27. The number of carbonyl (C=O) groups excluding carboxylic acids is 3. The van der Waals surface area contributed by atoms with E-state index in [0.29, 0.717) is 36.8 Å². The van der Waals surface area contributed by atoms with Gasteiger partial charge in [0.2, 0.25) is 0 Å². The number of hydrogen-bond donors (Lipinski definition) is 1. The highest BCUT2D eigenvalue weighted by molar-refractivity contribution is 6.60. The molecule has 0 saturated carbocycles. The molecule has 0 fully saturated rings. The number of unbranched alkanes of at least 4 members (excludes halogenated alkanes) is 1. The number of rotatable bonds is 14. The zero-order chi connectivity index (χ0) is 30.7. The van der Waals surface area contributed by atoms with E-state index in [2.05, 4.69) is 35.8 Å². The smallest absolute Gasteiger partial charge is 0.478 e. The minimum atomic E-state index is -2.53. The van der Waals surface area contributed by atoms with Crippen molar-refractivity contribution in [2.24, 2.45) is 0 Å². The quantitative estimate of drug-likeness (QED) is 0.106.